The minimum absolute atomic E-state index is 0.160. The Morgan fingerprint density at radius 1 is 0.931 bits per heavy atom. The van der Waals surface area contributed by atoms with Gasteiger partial charge in [-0.3, -0.25) is 4.79 Å². The number of rotatable bonds is 6. The monoisotopic (exact) mass is 411 g/mol. The Hall–Kier alpha value is -2.99. The van der Waals surface area contributed by atoms with Crippen LogP contribution in [0.5, 0.6) is 0 Å². The number of anilines is 1. The predicted molar refractivity (Wildman–Crippen MR) is 112 cm³/mol. The minimum atomic E-state index is -3.74. The second-order valence-corrected chi connectivity index (χ2v) is 9.22. The molecule has 0 aliphatic rings. The highest BCUT2D eigenvalue weighted by molar-refractivity contribution is 7.91. The van der Waals surface area contributed by atoms with E-state index in [9.17, 15) is 17.6 Å². The normalized spacial score (nSPS) is 13.5. The maximum atomic E-state index is 13.2. The van der Waals surface area contributed by atoms with Crippen molar-refractivity contribution in [1.82, 2.24) is 0 Å². The van der Waals surface area contributed by atoms with E-state index in [0.717, 1.165) is 5.56 Å². The second-order valence-electron chi connectivity index (χ2n) is 7.23. The van der Waals surface area contributed by atoms with Crippen molar-refractivity contribution in [2.75, 3.05) is 11.1 Å². The van der Waals surface area contributed by atoms with Crippen LogP contribution in [0.1, 0.15) is 18.1 Å². The minimum Gasteiger partial charge on any atom is -0.325 e. The quantitative estimate of drug-likeness (QED) is 0.649. The molecule has 0 spiro atoms. The van der Waals surface area contributed by atoms with Crippen molar-refractivity contribution in [2.45, 2.75) is 24.2 Å². The first-order chi connectivity index (χ1) is 13.7. The van der Waals surface area contributed by atoms with Gasteiger partial charge in [0.1, 0.15) is 5.82 Å². The van der Waals surface area contributed by atoms with Crippen LogP contribution in [-0.2, 0) is 20.0 Å². The van der Waals surface area contributed by atoms with Crippen LogP contribution < -0.4 is 5.32 Å². The third-order valence-electron chi connectivity index (χ3n) is 4.87. The van der Waals surface area contributed by atoms with Crippen LogP contribution in [0, 0.1) is 12.7 Å². The predicted octanol–water partition coefficient (Wildman–Crippen LogP) is 4.50. The van der Waals surface area contributed by atoms with Gasteiger partial charge in [-0.25, -0.2) is 12.8 Å². The average Bonchev–Trinajstić information content (AvgIpc) is 2.70. The molecule has 3 aromatic rings. The molecule has 6 heteroatoms. The third kappa shape index (κ3) is 4.71. The second kappa shape index (κ2) is 8.17. The first kappa shape index (κ1) is 20.7. The Kier molecular flexibility index (Phi) is 5.84. The van der Waals surface area contributed by atoms with Crippen molar-refractivity contribution in [3.8, 4) is 0 Å². The van der Waals surface area contributed by atoms with Crippen LogP contribution >= 0.6 is 0 Å². The Labute approximate surface area is 170 Å². The average molecular weight is 411 g/mol. The maximum absolute atomic E-state index is 13.2. The topological polar surface area (TPSA) is 63.2 Å². The lowest BCUT2D eigenvalue weighted by atomic mass is 9.83. The molecule has 4 nitrogen and oxygen atoms in total. The van der Waals surface area contributed by atoms with E-state index in [2.05, 4.69) is 5.32 Å². The Morgan fingerprint density at radius 2 is 1.52 bits per heavy atom. The molecule has 3 rings (SSSR count). The fraction of sp³-hybridized carbons (Fsp3) is 0.174. The number of hydrogen-bond acceptors (Lipinski definition) is 3. The number of sulfone groups is 1. The molecule has 0 aliphatic heterocycles. The molecule has 0 bridgehead atoms. The molecule has 0 aromatic heterocycles. The molecular weight excluding hydrogens is 389 g/mol. The van der Waals surface area contributed by atoms with E-state index in [1.165, 1.54) is 36.4 Å². The summed E-state index contributed by atoms with van der Waals surface area (Å²) in [5, 5.41) is 2.73. The molecule has 1 N–H and O–H groups in total. The van der Waals surface area contributed by atoms with Crippen LogP contribution in [0.3, 0.4) is 0 Å². The number of carbonyl (C=O) groups is 1. The lowest BCUT2D eigenvalue weighted by Crippen LogP contribution is -2.43. The van der Waals surface area contributed by atoms with Crippen molar-refractivity contribution in [3.05, 3.63) is 95.8 Å². The van der Waals surface area contributed by atoms with Crippen LogP contribution in [0.2, 0.25) is 0 Å². The number of aryl methyl sites for hydroxylation is 1. The van der Waals surface area contributed by atoms with Gasteiger partial charge in [0.25, 0.3) is 0 Å². The van der Waals surface area contributed by atoms with Crippen molar-refractivity contribution >= 4 is 21.4 Å². The van der Waals surface area contributed by atoms with Gasteiger partial charge in [-0.1, -0.05) is 48.0 Å². The van der Waals surface area contributed by atoms with Gasteiger partial charge in [-0.05, 0) is 55.8 Å². The number of carbonyl (C=O) groups excluding carboxylic acids is 1. The Balaban J connectivity index is 2.00. The molecule has 0 aliphatic carbocycles. The Morgan fingerprint density at radius 3 is 2.10 bits per heavy atom. The summed E-state index contributed by atoms with van der Waals surface area (Å²) in [7, 11) is -3.74. The van der Waals surface area contributed by atoms with E-state index in [1.807, 2.05) is 19.1 Å². The van der Waals surface area contributed by atoms with Gasteiger partial charge in [-0.2, -0.15) is 0 Å². The summed E-state index contributed by atoms with van der Waals surface area (Å²) in [6.45, 7) is 3.53. The van der Waals surface area contributed by atoms with Gasteiger partial charge in [0.2, 0.25) is 5.91 Å². The van der Waals surface area contributed by atoms with E-state index >= 15 is 0 Å². The summed E-state index contributed by atoms with van der Waals surface area (Å²) in [5.74, 6) is -1.30. The summed E-state index contributed by atoms with van der Waals surface area (Å²) in [6, 6.07) is 20.6. The highest BCUT2D eigenvalue weighted by Crippen LogP contribution is 2.30. The summed E-state index contributed by atoms with van der Waals surface area (Å²) < 4.78 is 39.3. The summed E-state index contributed by atoms with van der Waals surface area (Å²) >= 11 is 0. The smallest absolute Gasteiger partial charge is 0.235 e. The summed E-state index contributed by atoms with van der Waals surface area (Å²) in [4.78, 5) is 13.4. The molecule has 0 heterocycles. The van der Waals surface area contributed by atoms with Crippen LogP contribution in [-0.4, -0.2) is 20.1 Å². The van der Waals surface area contributed by atoms with E-state index in [4.69, 9.17) is 0 Å². The van der Waals surface area contributed by atoms with E-state index in [-0.39, 0.29) is 4.90 Å². The molecule has 0 saturated heterocycles. The van der Waals surface area contributed by atoms with Crippen LogP contribution in [0.15, 0.2) is 83.8 Å². The standard InChI is InChI=1S/C23H22FNO3S/c1-17-8-10-18(11-9-17)23(2,16-29(27,28)21-6-4-3-5-7-21)22(26)25-20-14-12-19(24)13-15-20/h3-15H,16H2,1-2H3,(H,25,26)/t23-/m1/s1. The molecule has 150 valence electrons. The first-order valence-electron chi connectivity index (χ1n) is 9.13. The molecule has 0 saturated carbocycles. The van der Waals surface area contributed by atoms with Gasteiger partial charge in [-0.15, -0.1) is 0 Å². The van der Waals surface area contributed by atoms with Crippen LogP contribution in [0.4, 0.5) is 10.1 Å². The van der Waals surface area contributed by atoms with Gasteiger partial charge in [0, 0.05) is 5.69 Å². The lowest BCUT2D eigenvalue weighted by Gasteiger charge is -2.29. The lowest BCUT2D eigenvalue weighted by molar-refractivity contribution is -0.120. The molecule has 0 unspecified atom stereocenters. The van der Waals surface area contributed by atoms with Crippen molar-refractivity contribution in [3.63, 3.8) is 0 Å². The first-order valence-corrected chi connectivity index (χ1v) is 10.8. The maximum Gasteiger partial charge on any atom is 0.235 e. The zero-order valence-electron chi connectivity index (χ0n) is 16.2. The number of amides is 1. The number of hydrogen-bond donors (Lipinski definition) is 1. The van der Waals surface area contributed by atoms with E-state index in [0.29, 0.717) is 11.3 Å². The van der Waals surface area contributed by atoms with Gasteiger partial charge >= 0.3 is 0 Å². The molecule has 3 aromatic carbocycles. The number of benzene rings is 3. The zero-order chi connectivity index (χ0) is 21.1. The molecule has 1 amide bonds. The molecule has 29 heavy (non-hydrogen) atoms. The SMILES string of the molecule is Cc1ccc([C@@](C)(CS(=O)(=O)c2ccccc2)C(=O)Nc2ccc(F)cc2)cc1. The van der Waals surface area contributed by atoms with Gasteiger partial charge in [0.05, 0.1) is 16.1 Å². The number of nitrogens with one attached hydrogen (secondary N) is 1. The number of halogens is 1. The van der Waals surface area contributed by atoms with Gasteiger partial charge in [0.15, 0.2) is 9.84 Å². The highest BCUT2D eigenvalue weighted by atomic mass is 32.2. The molecule has 0 fully saturated rings. The largest absolute Gasteiger partial charge is 0.325 e. The van der Waals surface area contributed by atoms with E-state index < -0.39 is 32.7 Å². The molecular formula is C23H22FNO3S. The molecule has 1 atom stereocenters. The Bertz CT molecular complexity index is 1100. The van der Waals surface area contributed by atoms with Crippen LogP contribution in [0.25, 0.3) is 0 Å². The third-order valence-corrected chi connectivity index (χ3v) is 6.82. The van der Waals surface area contributed by atoms with E-state index in [1.54, 1.807) is 37.3 Å². The zero-order valence-corrected chi connectivity index (χ0v) is 17.0. The molecule has 0 radical (unpaired) electrons. The van der Waals surface area contributed by atoms with Crippen molar-refractivity contribution < 1.29 is 17.6 Å². The van der Waals surface area contributed by atoms with Crippen molar-refractivity contribution in [2.24, 2.45) is 0 Å². The fourth-order valence-electron chi connectivity index (χ4n) is 3.09. The summed E-state index contributed by atoms with van der Waals surface area (Å²) in [6.07, 6.45) is 0. The van der Waals surface area contributed by atoms with Gasteiger partial charge < -0.3 is 5.32 Å². The highest BCUT2D eigenvalue weighted by Gasteiger charge is 2.40. The summed E-state index contributed by atoms with van der Waals surface area (Å²) in [5.41, 5.74) is 0.631. The van der Waals surface area contributed by atoms with Crippen molar-refractivity contribution in [1.29, 1.82) is 0 Å². The fourth-order valence-corrected chi connectivity index (χ4v) is 4.89.